The number of nitrogens with zero attached hydrogens (tertiary/aromatic N) is 4. The molecule has 1 unspecified atom stereocenters. The number of rotatable bonds is 7. The number of benzene rings is 2. The average Bonchev–Trinajstić information content (AvgIpc) is 3.32. The normalized spacial score (nSPS) is 17.7. The fraction of sp³-hybridized carbons (Fsp3) is 0.269. The lowest BCUT2D eigenvalue weighted by Crippen LogP contribution is -2.32. The molecule has 0 spiro atoms. The summed E-state index contributed by atoms with van der Waals surface area (Å²) in [7, 11) is 3.82. The molecule has 1 saturated heterocycles. The van der Waals surface area contributed by atoms with Crippen molar-refractivity contribution in [3.63, 3.8) is 0 Å². The molecule has 7 nitrogen and oxygen atoms in total. The summed E-state index contributed by atoms with van der Waals surface area (Å²) in [6, 6.07) is 14.4. The fourth-order valence-electron chi connectivity index (χ4n) is 4.30. The van der Waals surface area contributed by atoms with Crippen LogP contribution in [0, 0.1) is 12.7 Å². The first kappa shape index (κ1) is 23.4. The zero-order chi connectivity index (χ0) is 24.4. The third kappa shape index (κ3) is 4.24. The number of amides is 1. The number of aliphatic hydroxyl groups is 1. The van der Waals surface area contributed by atoms with Gasteiger partial charge in [-0.15, -0.1) is 0 Å². The first-order valence-electron chi connectivity index (χ1n) is 11.1. The molecule has 176 valence electrons. The maximum Gasteiger partial charge on any atom is 0.295 e. The van der Waals surface area contributed by atoms with Crippen LogP contribution in [0.1, 0.15) is 29.3 Å². The summed E-state index contributed by atoms with van der Waals surface area (Å²) in [5, 5.41) is 15.7. The summed E-state index contributed by atoms with van der Waals surface area (Å²) in [6.07, 6.45) is 2.05. The Balaban J connectivity index is 1.83. The van der Waals surface area contributed by atoms with E-state index in [2.05, 4.69) is 5.10 Å². The summed E-state index contributed by atoms with van der Waals surface area (Å²) < 4.78 is 16.5. The van der Waals surface area contributed by atoms with Crippen molar-refractivity contribution in [2.75, 3.05) is 27.2 Å². The summed E-state index contributed by atoms with van der Waals surface area (Å²) in [4.78, 5) is 29.5. The van der Waals surface area contributed by atoms with Crippen LogP contribution in [-0.2, 0) is 9.59 Å². The summed E-state index contributed by atoms with van der Waals surface area (Å²) >= 11 is 0. The van der Waals surface area contributed by atoms with Gasteiger partial charge in [0.2, 0.25) is 0 Å². The van der Waals surface area contributed by atoms with Crippen LogP contribution in [-0.4, -0.2) is 63.6 Å². The van der Waals surface area contributed by atoms with Crippen molar-refractivity contribution in [2.45, 2.75) is 19.4 Å². The molecule has 1 amide bonds. The molecule has 3 aromatic rings. The van der Waals surface area contributed by atoms with Crippen molar-refractivity contribution < 1.29 is 19.1 Å². The molecule has 4 rings (SSSR count). The minimum absolute atomic E-state index is 0.129. The Morgan fingerprint density at radius 1 is 1.09 bits per heavy atom. The third-order valence-electron chi connectivity index (χ3n) is 6.01. The molecule has 1 N–H and O–H groups in total. The van der Waals surface area contributed by atoms with Gasteiger partial charge in [0.15, 0.2) is 0 Å². The van der Waals surface area contributed by atoms with E-state index in [1.165, 1.54) is 17.2 Å². The number of carbonyl (C=O) groups excluding carboxylic acids is 2. The summed E-state index contributed by atoms with van der Waals surface area (Å²) in [5.74, 6) is -2.49. The number of Topliss-reactive ketones (excluding diaryl/α,β-unsaturated/α-hetero) is 1. The smallest absolute Gasteiger partial charge is 0.295 e. The first-order valence-corrected chi connectivity index (χ1v) is 11.1. The summed E-state index contributed by atoms with van der Waals surface area (Å²) in [6.45, 7) is 2.71. The molecule has 1 atom stereocenters. The van der Waals surface area contributed by atoms with Crippen LogP contribution in [0.3, 0.4) is 0 Å². The molecule has 34 heavy (non-hydrogen) atoms. The van der Waals surface area contributed by atoms with E-state index < -0.39 is 23.5 Å². The van der Waals surface area contributed by atoms with Gasteiger partial charge in [0, 0.05) is 12.1 Å². The standard InChI is InChI=1S/C26H27FN4O3/c1-17-20(16-28-31(17)18-10-5-4-6-11-18)24(32)22-23(19-12-7-8-13-21(19)27)30(26(34)25(22)33)15-9-14-29(2)3/h4-8,10-13,16,23,32H,9,14-15H2,1-3H3. The molecule has 1 aliphatic rings. The SMILES string of the molecule is Cc1c(C(O)=C2C(=O)C(=O)N(CCCN(C)C)C2c2ccccc2F)cnn1-c1ccccc1. The van der Waals surface area contributed by atoms with Crippen molar-refractivity contribution in [2.24, 2.45) is 0 Å². The molecule has 8 heteroatoms. The lowest BCUT2D eigenvalue weighted by Gasteiger charge is -2.26. The molecule has 1 aliphatic heterocycles. The van der Waals surface area contributed by atoms with Gasteiger partial charge in [-0.2, -0.15) is 5.10 Å². The van der Waals surface area contributed by atoms with Gasteiger partial charge in [0.1, 0.15) is 11.6 Å². The van der Waals surface area contributed by atoms with E-state index in [9.17, 15) is 19.1 Å². The number of halogens is 1. The van der Waals surface area contributed by atoms with Gasteiger partial charge < -0.3 is 14.9 Å². The number of hydrogen-bond donors (Lipinski definition) is 1. The molecule has 0 saturated carbocycles. The quantitative estimate of drug-likeness (QED) is 0.329. The molecule has 2 aromatic carbocycles. The molecule has 0 bridgehead atoms. The lowest BCUT2D eigenvalue weighted by atomic mass is 9.95. The highest BCUT2D eigenvalue weighted by atomic mass is 19.1. The predicted octanol–water partition coefficient (Wildman–Crippen LogP) is 3.69. The average molecular weight is 463 g/mol. The van der Waals surface area contributed by atoms with Crippen LogP contribution >= 0.6 is 0 Å². The Bertz CT molecular complexity index is 1250. The van der Waals surface area contributed by atoms with Crippen LogP contribution in [0.2, 0.25) is 0 Å². The minimum atomic E-state index is -1.03. The van der Waals surface area contributed by atoms with Crippen LogP contribution in [0.25, 0.3) is 11.4 Å². The minimum Gasteiger partial charge on any atom is -0.507 e. The van der Waals surface area contributed by atoms with Crippen molar-refractivity contribution in [1.82, 2.24) is 19.6 Å². The number of para-hydroxylation sites is 1. The van der Waals surface area contributed by atoms with Crippen LogP contribution in [0.15, 0.2) is 66.4 Å². The van der Waals surface area contributed by atoms with Gasteiger partial charge >= 0.3 is 0 Å². The van der Waals surface area contributed by atoms with Gasteiger partial charge in [0.05, 0.1) is 34.8 Å². The number of aliphatic hydroxyl groups excluding tert-OH is 1. The van der Waals surface area contributed by atoms with E-state index in [-0.39, 0.29) is 23.4 Å². The maximum atomic E-state index is 14.9. The van der Waals surface area contributed by atoms with Crippen molar-refractivity contribution >= 4 is 17.4 Å². The van der Waals surface area contributed by atoms with E-state index >= 15 is 0 Å². The van der Waals surface area contributed by atoms with Crippen LogP contribution in [0.4, 0.5) is 4.39 Å². The van der Waals surface area contributed by atoms with Gasteiger partial charge in [-0.25, -0.2) is 9.07 Å². The number of likely N-dealkylation sites (tertiary alicyclic amines) is 1. The van der Waals surface area contributed by atoms with Gasteiger partial charge in [-0.3, -0.25) is 9.59 Å². The lowest BCUT2D eigenvalue weighted by molar-refractivity contribution is -0.140. The van der Waals surface area contributed by atoms with Crippen molar-refractivity contribution in [1.29, 1.82) is 0 Å². The van der Waals surface area contributed by atoms with E-state index in [1.807, 2.05) is 49.3 Å². The van der Waals surface area contributed by atoms with Crippen LogP contribution < -0.4 is 0 Å². The topological polar surface area (TPSA) is 78.7 Å². The number of hydrogen-bond acceptors (Lipinski definition) is 5. The molecule has 0 radical (unpaired) electrons. The Hall–Kier alpha value is -3.78. The summed E-state index contributed by atoms with van der Waals surface area (Å²) in [5.41, 5.74) is 1.73. The highest BCUT2D eigenvalue weighted by molar-refractivity contribution is 6.46. The number of ketones is 1. The highest BCUT2D eigenvalue weighted by Crippen LogP contribution is 2.40. The monoisotopic (exact) mass is 462 g/mol. The predicted molar refractivity (Wildman–Crippen MR) is 127 cm³/mol. The molecule has 1 aromatic heterocycles. The van der Waals surface area contributed by atoms with E-state index in [0.717, 1.165) is 5.69 Å². The molecule has 0 aliphatic carbocycles. The second kappa shape index (κ2) is 9.61. The van der Waals surface area contributed by atoms with Gasteiger partial charge in [-0.05, 0) is 52.2 Å². The maximum absolute atomic E-state index is 14.9. The van der Waals surface area contributed by atoms with E-state index in [0.29, 0.717) is 24.2 Å². The number of carbonyl (C=O) groups is 2. The Morgan fingerprint density at radius 3 is 2.44 bits per heavy atom. The number of aromatic nitrogens is 2. The van der Waals surface area contributed by atoms with Crippen LogP contribution in [0.5, 0.6) is 0 Å². The Kier molecular flexibility index (Phi) is 6.61. The fourth-order valence-corrected chi connectivity index (χ4v) is 4.30. The second-order valence-corrected chi connectivity index (χ2v) is 8.56. The van der Waals surface area contributed by atoms with Gasteiger partial charge in [0.25, 0.3) is 11.7 Å². The van der Waals surface area contributed by atoms with Crippen molar-refractivity contribution in [3.8, 4) is 5.69 Å². The second-order valence-electron chi connectivity index (χ2n) is 8.56. The Labute approximate surface area is 197 Å². The molecule has 2 heterocycles. The largest absolute Gasteiger partial charge is 0.507 e. The first-order chi connectivity index (χ1) is 16.3. The van der Waals surface area contributed by atoms with Crippen molar-refractivity contribution in [3.05, 3.63) is 89.0 Å². The molecule has 1 fully saturated rings. The van der Waals surface area contributed by atoms with Gasteiger partial charge in [-0.1, -0.05) is 36.4 Å². The zero-order valence-corrected chi connectivity index (χ0v) is 19.4. The van der Waals surface area contributed by atoms with E-state index in [4.69, 9.17) is 0 Å². The molecular weight excluding hydrogens is 435 g/mol. The third-order valence-corrected chi connectivity index (χ3v) is 6.01. The highest BCUT2D eigenvalue weighted by Gasteiger charge is 2.47. The zero-order valence-electron chi connectivity index (χ0n) is 19.4. The Morgan fingerprint density at radius 2 is 1.76 bits per heavy atom. The molecular formula is C26H27FN4O3. The van der Waals surface area contributed by atoms with E-state index in [1.54, 1.807) is 29.8 Å².